The van der Waals surface area contributed by atoms with Crippen LogP contribution in [0.2, 0.25) is 0 Å². The van der Waals surface area contributed by atoms with Crippen molar-refractivity contribution in [3.05, 3.63) is 23.7 Å². The molecule has 2 fully saturated rings. The van der Waals surface area contributed by atoms with Crippen molar-refractivity contribution in [2.75, 3.05) is 6.54 Å². The SMILES string of the molecule is Cc1ccc(CN2CCCC(NC3CC3)C2=O)o1. The minimum atomic E-state index is 0.0299. The summed E-state index contributed by atoms with van der Waals surface area (Å²) in [7, 11) is 0. The lowest BCUT2D eigenvalue weighted by molar-refractivity contribution is -0.136. The Morgan fingerprint density at radius 2 is 2.22 bits per heavy atom. The maximum absolute atomic E-state index is 12.3. The van der Waals surface area contributed by atoms with Crippen LogP contribution in [0.3, 0.4) is 0 Å². The van der Waals surface area contributed by atoms with E-state index in [-0.39, 0.29) is 11.9 Å². The molecule has 1 N–H and O–H groups in total. The van der Waals surface area contributed by atoms with Gasteiger partial charge >= 0.3 is 0 Å². The number of aryl methyl sites for hydroxylation is 1. The van der Waals surface area contributed by atoms with Crippen molar-refractivity contribution in [3.8, 4) is 0 Å². The van der Waals surface area contributed by atoms with Crippen molar-refractivity contribution >= 4 is 5.91 Å². The summed E-state index contributed by atoms with van der Waals surface area (Å²) in [6.45, 7) is 3.38. The Morgan fingerprint density at radius 3 is 2.89 bits per heavy atom. The third-order valence-corrected chi connectivity index (χ3v) is 3.69. The number of nitrogens with zero attached hydrogens (tertiary/aromatic N) is 1. The molecule has 4 nitrogen and oxygen atoms in total. The Hall–Kier alpha value is -1.29. The number of nitrogens with one attached hydrogen (secondary N) is 1. The molecule has 0 radical (unpaired) electrons. The van der Waals surface area contributed by atoms with Gasteiger partial charge in [0.2, 0.25) is 5.91 Å². The van der Waals surface area contributed by atoms with Gasteiger partial charge in [0.1, 0.15) is 11.5 Å². The fourth-order valence-corrected chi connectivity index (χ4v) is 2.54. The highest BCUT2D eigenvalue weighted by molar-refractivity contribution is 5.82. The Bertz CT molecular complexity index is 437. The third kappa shape index (κ3) is 2.58. The summed E-state index contributed by atoms with van der Waals surface area (Å²) in [5, 5.41) is 3.44. The summed E-state index contributed by atoms with van der Waals surface area (Å²) in [5.41, 5.74) is 0. The molecule has 1 aromatic rings. The van der Waals surface area contributed by atoms with Gasteiger partial charge in [-0.1, -0.05) is 0 Å². The van der Waals surface area contributed by atoms with Crippen molar-refractivity contribution in [2.45, 2.75) is 51.2 Å². The maximum Gasteiger partial charge on any atom is 0.240 e. The van der Waals surface area contributed by atoms with Crippen molar-refractivity contribution < 1.29 is 9.21 Å². The largest absolute Gasteiger partial charge is 0.464 e. The first kappa shape index (κ1) is 11.8. The van der Waals surface area contributed by atoms with Gasteiger partial charge in [0.25, 0.3) is 0 Å². The van der Waals surface area contributed by atoms with Gasteiger partial charge in [-0.2, -0.15) is 0 Å². The van der Waals surface area contributed by atoms with Gasteiger partial charge in [-0.3, -0.25) is 4.79 Å². The molecule has 0 bridgehead atoms. The first-order valence-electron chi connectivity index (χ1n) is 6.82. The maximum atomic E-state index is 12.3. The van der Waals surface area contributed by atoms with E-state index < -0.39 is 0 Å². The average Bonchev–Trinajstić information content (AvgIpc) is 3.07. The van der Waals surface area contributed by atoms with Crippen LogP contribution in [0.1, 0.15) is 37.2 Å². The minimum Gasteiger partial charge on any atom is -0.464 e. The van der Waals surface area contributed by atoms with Gasteiger partial charge < -0.3 is 14.6 Å². The van der Waals surface area contributed by atoms with Crippen LogP contribution in [-0.4, -0.2) is 29.4 Å². The second-order valence-electron chi connectivity index (χ2n) is 5.41. The fraction of sp³-hybridized carbons (Fsp3) is 0.643. The minimum absolute atomic E-state index is 0.0299. The molecule has 1 amide bonds. The van der Waals surface area contributed by atoms with Gasteiger partial charge in [-0.25, -0.2) is 0 Å². The zero-order valence-electron chi connectivity index (χ0n) is 10.8. The number of furan rings is 1. The zero-order valence-corrected chi connectivity index (χ0v) is 10.8. The van der Waals surface area contributed by atoms with Crippen LogP contribution < -0.4 is 5.32 Å². The molecule has 2 aliphatic rings. The molecule has 1 aromatic heterocycles. The van der Waals surface area contributed by atoms with Gasteiger partial charge in [0.05, 0.1) is 12.6 Å². The average molecular weight is 248 g/mol. The van der Waals surface area contributed by atoms with Gasteiger partial charge in [-0.05, 0) is 44.7 Å². The molecule has 1 atom stereocenters. The number of carbonyl (C=O) groups excluding carboxylic acids is 1. The molecule has 1 saturated carbocycles. The summed E-state index contributed by atoms with van der Waals surface area (Å²) in [6, 6.07) is 4.52. The first-order chi connectivity index (χ1) is 8.72. The number of hydrogen-bond acceptors (Lipinski definition) is 3. The van der Waals surface area contributed by atoms with Crippen LogP contribution in [0.5, 0.6) is 0 Å². The van der Waals surface area contributed by atoms with Gasteiger partial charge in [0.15, 0.2) is 0 Å². The quantitative estimate of drug-likeness (QED) is 0.884. The molecule has 18 heavy (non-hydrogen) atoms. The van der Waals surface area contributed by atoms with E-state index in [2.05, 4.69) is 5.32 Å². The van der Waals surface area contributed by atoms with E-state index in [9.17, 15) is 4.79 Å². The predicted octanol–water partition coefficient (Wildman–Crippen LogP) is 1.83. The van der Waals surface area contributed by atoms with Crippen molar-refractivity contribution in [1.82, 2.24) is 10.2 Å². The molecule has 1 aliphatic heterocycles. The summed E-state index contributed by atoms with van der Waals surface area (Å²) in [6.07, 6.45) is 4.50. The number of hydrogen-bond donors (Lipinski definition) is 1. The summed E-state index contributed by atoms with van der Waals surface area (Å²) < 4.78 is 5.55. The molecule has 0 spiro atoms. The lowest BCUT2D eigenvalue weighted by atomic mass is 10.0. The van der Waals surface area contributed by atoms with E-state index in [0.717, 1.165) is 30.9 Å². The fourth-order valence-electron chi connectivity index (χ4n) is 2.54. The summed E-state index contributed by atoms with van der Waals surface area (Å²) in [5.74, 6) is 2.03. The number of likely N-dealkylation sites (tertiary alicyclic amines) is 1. The van der Waals surface area contributed by atoms with Crippen LogP contribution >= 0.6 is 0 Å². The Morgan fingerprint density at radius 1 is 1.39 bits per heavy atom. The topological polar surface area (TPSA) is 45.5 Å². The molecule has 98 valence electrons. The Balaban J connectivity index is 1.62. The van der Waals surface area contributed by atoms with Crippen LogP contribution in [-0.2, 0) is 11.3 Å². The third-order valence-electron chi connectivity index (χ3n) is 3.69. The van der Waals surface area contributed by atoms with Crippen molar-refractivity contribution in [1.29, 1.82) is 0 Å². The molecule has 1 unspecified atom stereocenters. The second-order valence-corrected chi connectivity index (χ2v) is 5.41. The van der Waals surface area contributed by atoms with Crippen LogP contribution in [0.4, 0.5) is 0 Å². The summed E-state index contributed by atoms with van der Waals surface area (Å²) in [4.78, 5) is 14.2. The molecule has 1 saturated heterocycles. The normalized spacial score (nSPS) is 24.6. The number of carbonyl (C=O) groups is 1. The van der Waals surface area contributed by atoms with E-state index in [1.807, 2.05) is 24.0 Å². The molecule has 3 rings (SSSR count). The Labute approximate surface area is 107 Å². The summed E-state index contributed by atoms with van der Waals surface area (Å²) >= 11 is 0. The lowest BCUT2D eigenvalue weighted by Crippen LogP contribution is -2.50. The standard InChI is InChI=1S/C14H20N2O2/c1-10-4-7-12(18-10)9-16-8-2-3-13(14(16)17)15-11-5-6-11/h4,7,11,13,15H,2-3,5-6,8-9H2,1H3. The number of piperidine rings is 1. The molecule has 4 heteroatoms. The lowest BCUT2D eigenvalue weighted by Gasteiger charge is -2.32. The molecule has 2 heterocycles. The molecular formula is C14H20N2O2. The van der Waals surface area contributed by atoms with E-state index in [1.54, 1.807) is 0 Å². The highest BCUT2D eigenvalue weighted by atomic mass is 16.3. The van der Waals surface area contributed by atoms with E-state index in [1.165, 1.54) is 12.8 Å². The van der Waals surface area contributed by atoms with Crippen LogP contribution in [0.15, 0.2) is 16.5 Å². The number of amides is 1. The molecule has 1 aliphatic carbocycles. The van der Waals surface area contributed by atoms with Crippen molar-refractivity contribution in [3.63, 3.8) is 0 Å². The van der Waals surface area contributed by atoms with Crippen LogP contribution in [0.25, 0.3) is 0 Å². The second kappa shape index (κ2) is 4.76. The molecule has 0 aromatic carbocycles. The number of rotatable bonds is 4. The zero-order chi connectivity index (χ0) is 12.5. The smallest absolute Gasteiger partial charge is 0.240 e. The highest BCUT2D eigenvalue weighted by Gasteiger charge is 2.33. The van der Waals surface area contributed by atoms with E-state index in [0.29, 0.717) is 12.6 Å². The highest BCUT2D eigenvalue weighted by Crippen LogP contribution is 2.23. The predicted molar refractivity (Wildman–Crippen MR) is 68.0 cm³/mol. The monoisotopic (exact) mass is 248 g/mol. The van der Waals surface area contributed by atoms with Crippen LogP contribution in [0, 0.1) is 6.92 Å². The Kier molecular flexibility index (Phi) is 3.12. The molecular weight excluding hydrogens is 228 g/mol. The van der Waals surface area contributed by atoms with E-state index in [4.69, 9.17) is 4.42 Å². The first-order valence-corrected chi connectivity index (χ1v) is 6.82. The van der Waals surface area contributed by atoms with E-state index >= 15 is 0 Å². The van der Waals surface area contributed by atoms with Gasteiger partial charge in [-0.15, -0.1) is 0 Å². The van der Waals surface area contributed by atoms with Gasteiger partial charge in [0, 0.05) is 12.6 Å². The van der Waals surface area contributed by atoms with Crippen molar-refractivity contribution in [2.24, 2.45) is 0 Å².